The maximum Gasteiger partial charge on any atom is 0.249 e. The Balaban J connectivity index is 1.59. The summed E-state index contributed by atoms with van der Waals surface area (Å²) in [4.78, 5) is 18.8. The lowest BCUT2D eigenvalue weighted by molar-refractivity contribution is -0.134. The first-order chi connectivity index (χ1) is 14.3. The van der Waals surface area contributed by atoms with Crippen molar-refractivity contribution < 1.29 is 13.7 Å². The molecule has 0 aliphatic carbocycles. The van der Waals surface area contributed by atoms with Gasteiger partial charge in [0.05, 0.1) is 17.1 Å². The number of rotatable bonds is 9. The van der Waals surface area contributed by atoms with E-state index in [9.17, 15) is 4.79 Å². The van der Waals surface area contributed by atoms with Crippen LogP contribution in [0, 0.1) is 0 Å². The Labute approximate surface area is 180 Å². The lowest BCUT2D eigenvalue weighted by Crippen LogP contribution is -2.36. The van der Waals surface area contributed by atoms with Crippen LogP contribution in [0.2, 0.25) is 5.02 Å². The molecule has 2 aromatic heterocycles. The molecule has 0 unspecified atom stereocenters. The van der Waals surface area contributed by atoms with Gasteiger partial charge in [-0.05, 0) is 32.4 Å². The molecular weight excluding hydrogens is 406 g/mol. The third-order valence-electron chi connectivity index (χ3n) is 4.60. The van der Waals surface area contributed by atoms with Crippen LogP contribution < -0.4 is 0 Å². The molecule has 3 aromatic rings. The number of carbonyl (C=O) groups is 1. The molecule has 8 nitrogen and oxygen atoms in total. The van der Waals surface area contributed by atoms with Crippen molar-refractivity contribution in [3.8, 4) is 11.5 Å². The highest BCUT2D eigenvalue weighted by Crippen LogP contribution is 2.26. The molecule has 0 saturated carbocycles. The fourth-order valence-electron chi connectivity index (χ4n) is 2.90. The second-order valence-corrected chi connectivity index (χ2v) is 8.06. The summed E-state index contributed by atoms with van der Waals surface area (Å²) in [5, 5.41) is 12.6. The molecule has 1 amide bonds. The topological polar surface area (TPSA) is 98.2 Å². The van der Waals surface area contributed by atoms with E-state index in [1.807, 2.05) is 45.9 Å². The molecule has 3 rings (SSSR count). The zero-order valence-corrected chi connectivity index (χ0v) is 18.4. The van der Waals surface area contributed by atoms with Crippen molar-refractivity contribution in [3.63, 3.8) is 0 Å². The summed E-state index contributed by atoms with van der Waals surface area (Å²) >= 11 is 6.19. The molecule has 0 spiro atoms. The first-order valence-electron chi connectivity index (χ1n) is 10.0. The minimum Gasteiger partial charge on any atom is -0.419 e. The van der Waals surface area contributed by atoms with E-state index in [4.69, 9.17) is 20.5 Å². The fourth-order valence-corrected chi connectivity index (χ4v) is 3.12. The summed E-state index contributed by atoms with van der Waals surface area (Å²) in [5.74, 6) is 2.17. The van der Waals surface area contributed by atoms with E-state index in [0.29, 0.717) is 53.3 Å². The molecule has 0 radical (unpaired) electrons. The van der Waals surface area contributed by atoms with Crippen molar-refractivity contribution in [2.45, 2.75) is 65.5 Å². The molecule has 2 heterocycles. The molecule has 1 aromatic carbocycles. The number of amides is 1. The summed E-state index contributed by atoms with van der Waals surface area (Å²) in [6.45, 7) is 8.17. The molecule has 0 fully saturated rings. The predicted molar refractivity (Wildman–Crippen MR) is 112 cm³/mol. The van der Waals surface area contributed by atoms with Gasteiger partial charge >= 0.3 is 0 Å². The first kappa shape index (κ1) is 22.0. The minimum absolute atomic E-state index is 0.00564. The van der Waals surface area contributed by atoms with Gasteiger partial charge in [-0.3, -0.25) is 4.79 Å². The molecule has 9 heteroatoms. The number of nitrogens with zero attached hydrogens (tertiary/aromatic N) is 5. The minimum atomic E-state index is -0.0101. The van der Waals surface area contributed by atoms with Gasteiger partial charge in [-0.25, -0.2) is 0 Å². The van der Waals surface area contributed by atoms with Gasteiger partial charge in [0.1, 0.15) is 0 Å². The highest BCUT2D eigenvalue weighted by atomic mass is 35.5. The standard InChI is InChI=1S/C21H26ClN5O3/c1-13(2)20-23-17(30-26-20)10-7-11-19(28)27(14(3)4)12-18-24-25-21(29-18)15-8-5-6-9-16(15)22/h5-6,8-9,13-14H,7,10-12H2,1-4H3. The van der Waals surface area contributed by atoms with E-state index < -0.39 is 0 Å². The zero-order valence-electron chi connectivity index (χ0n) is 17.6. The predicted octanol–water partition coefficient (Wildman–Crippen LogP) is 4.66. The number of carbonyl (C=O) groups excluding carboxylic acids is 1. The third kappa shape index (κ3) is 5.44. The highest BCUT2D eigenvalue weighted by molar-refractivity contribution is 6.33. The lowest BCUT2D eigenvalue weighted by atomic mass is 10.2. The Morgan fingerprint density at radius 2 is 1.90 bits per heavy atom. The quantitative estimate of drug-likeness (QED) is 0.486. The highest BCUT2D eigenvalue weighted by Gasteiger charge is 2.21. The van der Waals surface area contributed by atoms with Crippen molar-refractivity contribution in [3.05, 3.63) is 46.9 Å². The number of aryl methyl sites for hydroxylation is 1. The van der Waals surface area contributed by atoms with Crippen molar-refractivity contribution in [1.29, 1.82) is 0 Å². The van der Waals surface area contributed by atoms with Crippen molar-refractivity contribution in [2.75, 3.05) is 0 Å². The van der Waals surface area contributed by atoms with Crippen LogP contribution in [0.1, 0.15) is 64.1 Å². The maximum absolute atomic E-state index is 12.8. The second-order valence-electron chi connectivity index (χ2n) is 7.65. The number of hydrogen-bond acceptors (Lipinski definition) is 7. The summed E-state index contributed by atoms with van der Waals surface area (Å²) in [6, 6.07) is 7.25. The van der Waals surface area contributed by atoms with Crippen LogP contribution >= 0.6 is 11.6 Å². The van der Waals surface area contributed by atoms with Crippen LogP contribution in [0.3, 0.4) is 0 Å². The van der Waals surface area contributed by atoms with Crippen LogP contribution in [-0.4, -0.2) is 37.2 Å². The van der Waals surface area contributed by atoms with Crippen LogP contribution in [0.15, 0.2) is 33.2 Å². The van der Waals surface area contributed by atoms with Gasteiger partial charge in [0.15, 0.2) is 5.82 Å². The Morgan fingerprint density at radius 3 is 2.57 bits per heavy atom. The second kappa shape index (κ2) is 9.84. The van der Waals surface area contributed by atoms with E-state index in [2.05, 4.69) is 20.3 Å². The Bertz CT molecular complexity index is 982. The van der Waals surface area contributed by atoms with Crippen molar-refractivity contribution in [2.24, 2.45) is 0 Å². The summed E-state index contributed by atoms with van der Waals surface area (Å²) in [5.41, 5.74) is 0.667. The van der Waals surface area contributed by atoms with Gasteiger partial charge in [0, 0.05) is 24.8 Å². The van der Waals surface area contributed by atoms with Crippen molar-refractivity contribution >= 4 is 17.5 Å². The number of benzene rings is 1. The molecule has 0 N–H and O–H groups in total. The van der Waals surface area contributed by atoms with Gasteiger partial charge in [-0.15, -0.1) is 10.2 Å². The summed E-state index contributed by atoms with van der Waals surface area (Å²) in [6.07, 6.45) is 1.55. The van der Waals surface area contributed by atoms with Gasteiger partial charge in [0.2, 0.25) is 23.6 Å². The van der Waals surface area contributed by atoms with Crippen molar-refractivity contribution in [1.82, 2.24) is 25.2 Å². The molecule has 0 aliphatic heterocycles. The first-order valence-corrected chi connectivity index (χ1v) is 10.4. The van der Waals surface area contributed by atoms with E-state index in [-0.39, 0.29) is 24.4 Å². The summed E-state index contributed by atoms with van der Waals surface area (Å²) < 4.78 is 11.0. The van der Waals surface area contributed by atoms with E-state index in [1.54, 1.807) is 11.0 Å². The third-order valence-corrected chi connectivity index (χ3v) is 4.93. The van der Waals surface area contributed by atoms with Gasteiger partial charge < -0.3 is 13.8 Å². The largest absolute Gasteiger partial charge is 0.419 e. The number of halogens is 1. The average Bonchev–Trinajstić information content (AvgIpc) is 3.36. The monoisotopic (exact) mass is 431 g/mol. The Hall–Kier alpha value is -2.74. The van der Waals surface area contributed by atoms with Gasteiger partial charge in [-0.2, -0.15) is 4.98 Å². The van der Waals surface area contributed by atoms with Gasteiger partial charge in [0.25, 0.3) is 0 Å². The van der Waals surface area contributed by atoms with Gasteiger partial charge in [-0.1, -0.05) is 42.7 Å². The molecule has 0 aliphatic rings. The van der Waals surface area contributed by atoms with Crippen LogP contribution in [0.4, 0.5) is 0 Å². The molecule has 30 heavy (non-hydrogen) atoms. The van der Waals surface area contributed by atoms with Crippen LogP contribution in [-0.2, 0) is 17.8 Å². The number of aromatic nitrogens is 4. The number of hydrogen-bond donors (Lipinski definition) is 0. The van der Waals surface area contributed by atoms with Crippen LogP contribution in [0.5, 0.6) is 0 Å². The Morgan fingerprint density at radius 1 is 1.13 bits per heavy atom. The molecular formula is C21H26ClN5O3. The van der Waals surface area contributed by atoms with E-state index in [0.717, 1.165) is 0 Å². The normalized spacial score (nSPS) is 11.4. The molecule has 0 atom stereocenters. The maximum atomic E-state index is 12.8. The van der Waals surface area contributed by atoms with E-state index in [1.165, 1.54) is 0 Å². The zero-order chi connectivity index (χ0) is 21.7. The SMILES string of the molecule is CC(C)c1noc(CCCC(=O)N(Cc2nnc(-c3ccccc3Cl)o2)C(C)C)n1. The molecule has 0 bridgehead atoms. The Kier molecular flexibility index (Phi) is 7.20. The van der Waals surface area contributed by atoms with E-state index >= 15 is 0 Å². The molecule has 160 valence electrons. The average molecular weight is 432 g/mol. The lowest BCUT2D eigenvalue weighted by Gasteiger charge is -2.25. The van der Waals surface area contributed by atoms with Crippen LogP contribution in [0.25, 0.3) is 11.5 Å². The smallest absolute Gasteiger partial charge is 0.249 e. The summed E-state index contributed by atoms with van der Waals surface area (Å²) in [7, 11) is 0. The fraction of sp³-hybridized carbons (Fsp3) is 0.476. The molecule has 0 saturated heterocycles.